The van der Waals surface area contributed by atoms with Crippen LogP contribution in [0.5, 0.6) is 0 Å². The number of hydrogen-bond acceptors (Lipinski definition) is 7. The molecule has 0 bridgehead atoms. The molecule has 1 aliphatic heterocycles. The highest BCUT2D eigenvalue weighted by molar-refractivity contribution is 7.91. The predicted octanol–water partition coefficient (Wildman–Crippen LogP) is 3.63. The van der Waals surface area contributed by atoms with E-state index in [1.807, 2.05) is 0 Å². The second-order valence-corrected chi connectivity index (χ2v) is 10.7. The zero-order chi connectivity index (χ0) is 22.7. The molecule has 33 heavy (non-hydrogen) atoms. The van der Waals surface area contributed by atoms with Gasteiger partial charge in [-0.1, -0.05) is 24.3 Å². The highest BCUT2D eigenvalue weighted by atomic mass is 35.5. The summed E-state index contributed by atoms with van der Waals surface area (Å²) in [6.45, 7) is 5.42. The van der Waals surface area contributed by atoms with E-state index < -0.39 is 15.7 Å². The maximum absolute atomic E-state index is 14.2. The number of fused-ring (bicyclic) bond motifs is 1. The van der Waals surface area contributed by atoms with Crippen molar-refractivity contribution >= 4 is 54.8 Å². The van der Waals surface area contributed by atoms with Crippen LogP contribution < -0.4 is 4.90 Å². The quantitative estimate of drug-likeness (QED) is 0.480. The molecule has 0 radical (unpaired) electrons. The second-order valence-electron chi connectivity index (χ2n) is 7.42. The van der Waals surface area contributed by atoms with Gasteiger partial charge in [-0.25, -0.2) is 17.8 Å². The first kappa shape index (κ1) is 25.5. The van der Waals surface area contributed by atoms with Crippen molar-refractivity contribution in [3.8, 4) is 0 Å². The lowest BCUT2D eigenvalue weighted by molar-refractivity contribution is 0.0391. The van der Waals surface area contributed by atoms with E-state index in [2.05, 4.69) is 9.88 Å². The summed E-state index contributed by atoms with van der Waals surface area (Å²) in [5, 5.41) is 0.411. The van der Waals surface area contributed by atoms with Gasteiger partial charge in [0.2, 0.25) is 0 Å². The molecule has 1 saturated heterocycles. The predicted molar refractivity (Wildman–Crippen MR) is 130 cm³/mol. The van der Waals surface area contributed by atoms with Crippen molar-refractivity contribution in [1.82, 2.24) is 9.88 Å². The van der Waals surface area contributed by atoms with Crippen LogP contribution in [0.4, 0.5) is 9.52 Å². The van der Waals surface area contributed by atoms with E-state index in [9.17, 15) is 17.6 Å². The molecule has 1 aromatic heterocycles. The topological polar surface area (TPSA) is 79.8 Å². The van der Waals surface area contributed by atoms with Crippen LogP contribution in [-0.4, -0.2) is 69.4 Å². The summed E-state index contributed by atoms with van der Waals surface area (Å²) in [6.07, 6.45) is 0. The average molecular weight is 514 g/mol. The molecule has 0 unspecified atom stereocenters. The average Bonchev–Trinajstić information content (AvgIpc) is 3.25. The fourth-order valence-electron chi connectivity index (χ4n) is 3.50. The van der Waals surface area contributed by atoms with E-state index in [-0.39, 0.29) is 34.5 Å². The minimum atomic E-state index is -3.36. The first-order valence-corrected chi connectivity index (χ1v) is 12.9. The standard InChI is InChI=1S/C22H24FN3O4S2.ClH/c1-2-32(28,29)17-8-6-16(7-9-17)21(27)26(11-10-25-12-14-30-15-13-25)22-24-20-18(23)4-3-5-19(20)31-22;/h3-9H,2,10-15H2,1H3;1H. The first-order valence-electron chi connectivity index (χ1n) is 10.4. The SMILES string of the molecule is CCS(=O)(=O)c1ccc(C(=O)N(CCN2CCOCC2)c2nc3c(F)cccc3s2)cc1.Cl. The van der Waals surface area contributed by atoms with Crippen molar-refractivity contribution in [3.63, 3.8) is 0 Å². The number of hydrogen-bond donors (Lipinski definition) is 0. The number of amides is 1. The number of carbonyl (C=O) groups excluding carboxylic acids is 1. The van der Waals surface area contributed by atoms with E-state index in [4.69, 9.17) is 4.74 Å². The van der Waals surface area contributed by atoms with Crippen LogP contribution in [0.2, 0.25) is 0 Å². The smallest absolute Gasteiger partial charge is 0.260 e. The fraction of sp³-hybridized carbons (Fsp3) is 0.364. The molecule has 3 aromatic rings. The highest BCUT2D eigenvalue weighted by Crippen LogP contribution is 2.31. The Morgan fingerprint density at radius 2 is 1.88 bits per heavy atom. The van der Waals surface area contributed by atoms with Gasteiger partial charge in [0.15, 0.2) is 15.0 Å². The summed E-state index contributed by atoms with van der Waals surface area (Å²) in [6, 6.07) is 10.7. The Hall–Kier alpha value is -2.11. The Kier molecular flexibility index (Phi) is 8.41. The summed E-state index contributed by atoms with van der Waals surface area (Å²) in [5.74, 6) is -0.749. The van der Waals surface area contributed by atoms with E-state index in [1.165, 1.54) is 41.7 Å². The molecule has 0 atom stereocenters. The number of anilines is 1. The molecule has 7 nitrogen and oxygen atoms in total. The Bertz CT molecular complexity index is 1210. The van der Waals surface area contributed by atoms with Gasteiger partial charge in [0.25, 0.3) is 5.91 Å². The van der Waals surface area contributed by atoms with E-state index >= 15 is 0 Å². The van der Waals surface area contributed by atoms with Crippen LogP contribution in [0, 0.1) is 5.82 Å². The van der Waals surface area contributed by atoms with Gasteiger partial charge in [-0.15, -0.1) is 12.4 Å². The van der Waals surface area contributed by atoms with Gasteiger partial charge in [-0.3, -0.25) is 14.6 Å². The molecular formula is C22H25ClFN3O4S2. The van der Waals surface area contributed by atoms with Crippen LogP contribution in [0.15, 0.2) is 47.4 Å². The number of sulfone groups is 1. The van der Waals surface area contributed by atoms with Crippen molar-refractivity contribution < 1.29 is 22.3 Å². The number of halogens is 2. The Morgan fingerprint density at radius 1 is 1.18 bits per heavy atom. The molecule has 4 rings (SSSR count). The summed E-state index contributed by atoms with van der Waals surface area (Å²) in [5.41, 5.74) is 0.586. The monoisotopic (exact) mass is 513 g/mol. The van der Waals surface area contributed by atoms with Crippen LogP contribution >= 0.6 is 23.7 Å². The number of benzene rings is 2. The molecule has 1 aliphatic rings. The number of para-hydroxylation sites is 1. The number of aromatic nitrogens is 1. The number of nitrogens with zero attached hydrogens (tertiary/aromatic N) is 3. The molecule has 0 aliphatic carbocycles. The summed E-state index contributed by atoms with van der Waals surface area (Å²) >= 11 is 1.26. The molecule has 1 fully saturated rings. The molecule has 0 spiro atoms. The Balaban J connectivity index is 0.00000306. The number of morpholine rings is 1. The number of rotatable bonds is 7. The molecule has 2 aromatic carbocycles. The normalized spacial score (nSPS) is 14.7. The van der Waals surface area contributed by atoms with Gasteiger partial charge in [0, 0.05) is 31.7 Å². The van der Waals surface area contributed by atoms with Gasteiger partial charge in [-0.05, 0) is 36.4 Å². The molecule has 0 N–H and O–H groups in total. The Labute approximate surface area is 202 Å². The fourth-order valence-corrected chi connectivity index (χ4v) is 5.38. The summed E-state index contributed by atoms with van der Waals surface area (Å²) in [4.78, 5) is 21.7. The third-order valence-electron chi connectivity index (χ3n) is 5.42. The lowest BCUT2D eigenvalue weighted by Gasteiger charge is -2.29. The van der Waals surface area contributed by atoms with Crippen molar-refractivity contribution in [3.05, 3.63) is 53.8 Å². The summed E-state index contributed by atoms with van der Waals surface area (Å²) < 4.78 is 44.4. The number of ether oxygens (including phenoxy) is 1. The van der Waals surface area contributed by atoms with Crippen molar-refractivity contribution in [2.45, 2.75) is 11.8 Å². The van der Waals surface area contributed by atoms with Gasteiger partial charge in [0.05, 0.1) is 28.6 Å². The van der Waals surface area contributed by atoms with Crippen molar-refractivity contribution in [2.75, 3.05) is 50.0 Å². The van der Waals surface area contributed by atoms with Gasteiger partial charge >= 0.3 is 0 Å². The molecular weight excluding hydrogens is 489 g/mol. The van der Waals surface area contributed by atoms with Gasteiger partial charge < -0.3 is 4.74 Å². The lowest BCUT2D eigenvalue weighted by Crippen LogP contribution is -2.43. The van der Waals surface area contributed by atoms with Crippen LogP contribution in [0.3, 0.4) is 0 Å². The second kappa shape index (κ2) is 10.9. The van der Waals surface area contributed by atoms with Crippen molar-refractivity contribution in [1.29, 1.82) is 0 Å². The first-order chi connectivity index (χ1) is 15.4. The number of carbonyl (C=O) groups is 1. The van der Waals surface area contributed by atoms with E-state index in [0.717, 1.165) is 13.1 Å². The van der Waals surface area contributed by atoms with Crippen molar-refractivity contribution in [2.24, 2.45) is 0 Å². The molecule has 178 valence electrons. The van der Waals surface area contributed by atoms with Crippen LogP contribution in [0.25, 0.3) is 10.2 Å². The summed E-state index contributed by atoms with van der Waals surface area (Å²) in [7, 11) is -3.36. The zero-order valence-electron chi connectivity index (χ0n) is 18.1. The molecule has 11 heteroatoms. The Morgan fingerprint density at radius 3 is 2.52 bits per heavy atom. The van der Waals surface area contributed by atoms with E-state index in [0.29, 0.717) is 41.7 Å². The molecule has 1 amide bonds. The number of thiazole rings is 1. The minimum absolute atomic E-state index is 0. The third kappa shape index (κ3) is 5.70. The van der Waals surface area contributed by atoms with Crippen LogP contribution in [-0.2, 0) is 14.6 Å². The largest absolute Gasteiger partial charge is 0.379 e. The molecule has 0 saturated carbocycles. The van der Waals surface area contributed by atoms with Gasteiger partial charge in [-0.2, -0.15) is 0 Å². The highest BCUT2D eigenvalue weighted by Gasteiger charge is 2.24. The maximum atomic E-state index is 14.2. The van der Waals surface area contributed by atoms with Crippen LogP contribution in [0.1, 0.15) is 17.3 Å². The minimum Gasteiger partial charge on any atom is -0.379 e. The van der Waals surface area contributed by atoms with E-state index in [1.54, 1.807) is 24.0 Å². The molecule has 2 heterocycles. The third-order valence-corrected chi connectivity index (χ3v) is 8.21. The maximum Gasteiger partial charge on any atom is 0.260 e. The zero-order valence-corrected chi connectivity index (χ0v) is 20.5. The lowest BCUT2D eigenvalue weighted by atomic mass is 10.2. The van der Waals surface area contributed by atoms with Gasteiger partial charge in [0.1, 0.15) is 11.3 Å².